The lowest BCUT2D eigenvalue weighted by Crippen LogP contribution is -1.95. The number of pyridine rings is 1. The molecule has 82 valence electrons. The molecule has 0 aliphatic heterocycles. The summed E-state index contributed by atoms with van der Waals surface area (Å²) in [5.41, 5.74) is 9.77. The van der Waals surface area contributed by atoms with E-state index in [-0.39, 0.29) is 0 Å². The summed E-state index contributed by atoms with van der Waals surface area (Å²) in [5.74, 6) is 0.785. The number of hydrogen-bond donors (Lipinski definition) is 1. The Hall–Kier alpha value is -2.03. The van der Waals surface area contributed by atoms with Crippen molar-refractivity contribution in [2.24, 2.45) is 0 Å². The van der Waals surface area contributed by atoms with Crippen molar-refractivity contribution in [2.45, 2.75) is 6.92 Å². The van der Waals surface area contributed by atoms with E-state index in [4.69, 9.17) is 10.5 Å². The third kappa shape index (κ3) is 1.72. The van der Waals surface area contributed by atoms with E-state index in [1.54, 1.807) is 19.5 Å². The number of anilines is 1. The van der Waals surface area contributed by atoms with Crippen molar-refractivity contribution in [3.63, 3.8) is 0 Å². The second kappa shape index (κ2) is 4.23. The van der Waals surface area contributed by atoms with E-state index < -0.39 is 0 Å². The lowest BCUT2D eigenvalue weighted by Gasteiger charge is -2.11. The quantitative estimate of drug-likeness (QED) is 0.782. The molecule has 3 heteroatoms. The minimum atomic E-state index is 0.772. The van der Waals surface area contributed by atoms with Crippen LogP contribution in [-0.4, -0.2) is 12.1 Å². The van der Waals surface area contributed by atoms with Crippen LogP contribution in [0.5, 0.6) is 5.75 Å². The normalized spacial score (nSPS) is 10.1. The highest BCUT2D eigenvalue weighted by Gasteiger charge is 2.09. The van der Waals surface area contributed by atoms with Gasteiger partial charge in [0.25, 0.3) is 0 Å². The van der Waals surface area contributed by atoms with E-state index in [2.05, 4.69) is 4.98 Å². The minimum absolute atomic E-state index is 0.772. The lowest BCUT2D eigenvalue weighted by molar-refractivity contribution is 0.416. The predicted molar refractivity (Wildman–Crippen MR) is 65.4 cm³/mol. The Morgan fingerprint density at radius 3 is 2.75 bits per heavy atom. The van der Waals surface area contributed by atoms with Gasteiger partial charge in [-0.2, -0.15) is 0 Å². The van der Waals surface area contributed by atoms with Crippen molar-refractivity contribution in [1.82, 2.24) is 4.98 Å². The zero-order valence-corrected chi connectivity index (χ0v) is 9.40. The summed E-state index contributed by atoms with van der Waals surface area (Å²) < 4.78 is 5.30. The number of nitrogen functional groups attached to an aromatic ring is 1. The molecule has 0 saturated carbocycles. The molecule has 0 saturated heterocycles. The summed E-state index contributed by atoms with van der Waals surface area (Å²) in [6, 6.07) is 7.77. The zero-order chi connectivity index (χ0) is 11.5. The van der Waals surface area contributed by atoms with Gasteiger partial charge in [0.15, 0.2) is 0 Å². The number of para-hydroxylation sites is 1. The molecule has 2 N–H and O–H groups in total. The van der Waals surface area contributed by atoms with Crippen molar-refractivity contribution < 1.29 is 4.74 Å². The number of aromatic nitrogens is 1. The average molecular weight is 214 g/mol. The van der Waals surface area contributed by atoms with Crippen LogP contribution in [-0.2, 0) is 0 Å². The molecule has 0 fully saturated rings. The number of ether oxygens (including phenoxy) is 1. The Labute approximate surface area is 94.9 Å². The largest absolute Gasteiger partial charge is 0.496 e. The van der Waals surface area contributed by atoms with Gasteiger partial charge in [-0.3, -0.25) is 4.98 Å². The molecule has 16 heavy (non-hydrogen) atoms. The van der Waals surface area contributed by atoms with Gasteiger partial charge >= 0.3 is 0 Å². The zero-order valence-electron chi connectivity index (χ0n) is 9.40. The Kier molecular flexibility index (Phi) is 2.77. The van der Waals surface area contributed by atoms with Crippen molar-refractivity contribution in [3.05, 3.63) is 42.2 Å². The molecule has 0 radical (unpaired) electrons. The van der Waals surface area contributed by atoms with Crippen LogP contribution in [0.1, 0.15) is 5.56 Å². The second-order valence-electron chi connectivity index (χ2n) is 3.61. The fraction of sp³-hybridized carbons (Fsp3) is 0.154. The first-order valence-electron chi connectivity index (χ1n) is 5.07. The van der Waals surface area contributed by atoms with Gasteiger partial charge in [-0.1, -0.05) is 18.2 Å². The number of nitrogens with zero attached hydrogens (tertiary/aromatic N) is 1. The highest BCUT2D eigenvalue weighted by molar-refractivity contribution is 5.81. The van der Waals surface area contributed by atoms with Gasteiger partial charge in [-0.05, 0) is 18.6 Å². The summed E-state index contributed by atoms with van der Waals surface area (Å²) in [6.45, 7) is 1.99. The first-order chi connectivity index (χ1) is 7.74. The molecule has 0 aliphatic rings. The van der Waals surface area contributed by atoms with E-state index in [1.165, 1.54) is 0 Å². The monoisotopic (exact) mass is 214 g/mol. The Morgan fingerprint density at radius 1 is 1.19 bits per heavy atom. The summed E-state index contributed by atoms with van der Waals surface area (Å²) in [7, 11) is 1.64. The predicted octanol–water partition coefficient (Wildman–Crippen LogP) is 2.65. The van der Waals surface area contributed by atoms with E-state index in [1.807, 2.05) is 31.2 Å². The highest BCUT2D eigenvalue weighted by Crippen LogP contribution is 2.33. The van der Waals surface area contributed by atoms with Gasteiger partial charge in [0, 0.05) is 29.2 Å². The van der Waals surface area contributed by atoms with Crippen LogP contribution in [0.3, 0.4) is 0 Å². The third-order valence-corrected chi connectivity index (χ3v) is 2.62. The second-order valence-corrected chi connectivity index (χ2v) is 3.61. The van der Waals surface area contributed by atoms with Gasteiger partial charge in [-0.25, -0.2) is 0 Å². The third-order valence-electron chi connectivity index (χ3n) is 2.62. The summed E-state index contributed by atoms with van der Waals surface area (Å²) >= 11 is 0. The summed E-state index contributed by atoms with van der Waals surface area (Å²) in [6.07, 6.45) is 3.47. The van der Waals surface area contributed by atoms with Gasteiger partial charge in [0.05, 0.1) is 7.11 Å². The number of hydrogen-bond acceptors (Lipinski definition) is 3. The van der Waals surface area contributed by atoms with Crippen molar-refractivity contribution >= 4 is 5.69 Å². The molecule has 0 unspecified atom stereocenters. The van der Waals surface area contributed by atoms with Crippen LogP contribution >= 0.6 is 0 Å². The number of methoxy groups -OCH3 is 1. The van der Waals surface area contributed by atoms with Gasteiger partial charge < -0.3 is 10.5 Å². The van der Waals surface area contributed by atoms with Crippen LogP contribution in [0.25, 0.3) is 11.1 Å². The van der Waals surface area contributed by atoms with Crippen LogP contribution in [0.15, 0.2) is 36.7 Å². The van der Waals surface area contributed by atoms with Crippen molar-refractivity contribution in [1.29, 1.82) is 0 Å². The Balaban J connectivity index is 2.63. The molecular weight excluding hydrogens is 200 g/mol. The molecule has 0 bridgehead atoms. The van der Waals surface area contributed by atoms with Crippen molar-refractivity contribution in [3.8, 4) is 16.9 Å². The molecule has 0 amide bonds. The SMILES string of the molecule is COc1ccncc1-c1cccc(C)c1N. The molecule has 0 aliphatic carbocycles. The van der Waals surface area contributed by atoms with Crippen LogP contribution in [0, 0.1) is 6.92 Å². The van der Waals surface area contributed by atoms with Gasteiger partial charge in [0.2, 0.25) is 0 Å². The van der Waals surface area contributed by atoms with E-state index in [0.717, 1.165) is 28.1 Å². The fourth-order valence-electron chi connectivity index (χ4n) is 1.68. The first kappa shape index (κ1) is 10.5. The summed E-state index contributed by atoms with van der Waals surface area (Å²) in [4.78, 5) is 4.10. The van der Waals surface area contributed by atoms with E-state index >= 15 is 0 Å². The number of benzene rings is 1. The van der Waals surface area contributed by atoms with Gasteiger partial charge in [-0.15, -0.1) is 0 Å². The molecule has 3 nitrogen and oxygen atoms in total. The first-order valence-corrected chi connectivity index (χ1v) is 5.07. The maximum Gasteiger partial charge on any atom is 0.129 e. The van der Waals surface area contributed by atoms with Crippen LogP contribution < -0.4 is 10.5 Å². The highest BCUT2D eigenvalue weighted by atomic mass is 16.5. The standard InChI is InChI=1S/C13H14N2O/c1-9-4-3-5-10(13(9)14)11-8-15-7-6-12(11)16-2/h3-8H,14H2,1-2H3. The summed E-state index contributed by atoms with van der Waals surface area (Å²) in [5, 5.41) is 0. The minimum Gasteiger partial charge on any atom is -0.496 e. The van der Waals surface area contributed by atoms with Crippen molar-refractivity contribution in [2.75, 3.05) is 12.8 Å². The smallest absolute Gasteiger partial charge is 0.129 e. The molecule has 0 spiro atoms. The topological polar surface area (TPSA) is 48.1 Å². The molecular formula is C13H14N2O. The maximum absolute atomic E-state index is 6.05. The molecule has 2 rings (SSSR count). The van der Waals surface area contributed by atoms with E-state index in [0.29, 0.717) is 0 Å². The Morgan fingerprint density at radius 2 is 2.00 bits per heavy atom. The molecule has 1 aromatic heterocycles. The lowest BCUT2D eigenvalue weighted by atomic mass is 10.0. The number of aryl methyl sites for hydroxylation is 1. The molecule has 1 heterocycles. The van der Waals surface area contributed by atoms with E-state index in [9.17, 15) is 0 Å². The van der Waals surface area contributed by atoms with Crippen LogP contribution in [0.2, 0.25) is 0 Å². The average Bonchev–Trinajstić information content (AvgIpc) is 2.33. The Bertz CT molecular complexity index is 509. The maximum atomic E-state index is 6.05. The number of nitrogens with two attached hydrogens (primary N) is 1. The molecule has 2 aromatic rings. The molecule has 1 aromatic carbocycles. The fourth-order valence-corrected chi connectivity index (χ4v) is 1.68. The van der Waals surface area contributed by atoms with Gasteiger partial charge in [0.1, 0.15) is 5.75 Å². The molecule has 0 atom stereocenters. The van der Waals surface area contributed by atoms with Crippen LogP contribution in [0.4, 0.5) is 5.69 Å². The number of rotatable bonds is 2.